The van der Waals surface area contributed by atoms with Gasteiger partial charge >= 0.3 is 0 Å². The average molecular weight is 347 g/mol. The summed E-state index contributed by atoms with van der Waals surface area (Å²) in [7, 11) is -3.40. The molecule has 0 atom stereocenters. The van der Waals surface area contributed by atoms with Crippen molar-refractivity contribution in [1.82, 2.24) is 5.32 Å². The number of amides is 1. The van der Waals surface area contributed by atoms with E-state index in [1.54, 1.807) is 24.3 Å². The molecule has 0 spiro atoms. The second kappa shape index (κ2) is 8.39. The number of hydrogen-bond acceptors (Lipinski definition) is 3. The maximum Gasteiger partial charge on any atom is 0.232 e. The molecule has 1 aromatic rings. The third kappa shape index (κ3) is 6.66. The van der Waals surface area contributed by atoms with Crippen molar-refractivity contribution < 1.29 is 13.2 Å². The topological polar surface area (TPSA) is 66.5 Å². The summed E-state index contributed by atoms with van der Waals surface area (Å²) in [5.41, 5.74) is 0.550. The van der Waals surface area contributed by atoms with Crippen molar-refractivity contribution in [2.45, 2.75) is 26.7 Å². The highest BCUT2D eigenvalue weighted by Gasteiger charge is 2.17. The van der Waals surface area contributed by atoms with Gasteiger partial charge in [-0.1, -0.05) is 25.4 Å². The quantitative estimate of drug-likeness (QED) is 0.787. The lowest BCUT2D eigenvalue weighted by Crippen LogP contribution is -2.32. The fourth-order valence-electron chi connectivity index (χ4n) is 1.88. The SMILES string of the molecule is CC(C)CNC(=O)CCCN(c1ccc(Cl)cc1)S(C)(=O)=O. The van der Waals surface area contributed by atoms with Gasteiger partial charge in [-0.25, -0.2) is 8.42 Å². The van der Waals surface area contributed by atoms with Gasteiger partial charge in [0, 0.05) is 24.5 Å². The molecular weight excluding hydrogens is 324 g/mol. The number of nitrogens with one attached hydrogen (secondary N) is 1. The van der Waals surface area contributed by atoms with E-state index in [9.17, 15) is 13.2 Å². The molecule has 0 heterocycles. The first-order chi connectivity index (χ1) is 10.2. The number of benzene rings is 1. The molecule has 0 saturated carbocycles. The summed E-state index contributed by atoms with van der Waals surface area (Å²) in [5, 5.41) is 3.36. The smallest absolute Gasteiger partial charge is 0.232 e. The number of rotatable bonds is 8. The van der Waals surface area contributed by atoms with Crippen LogP contribution in [0.5, 0.6) is 0 Å². The van der Waals surface area contributed by atoms with Crippen LogP contribution in [0.25, 0.3) is 0 Å². The molecule has 1 amide bonds. The largest absolute Gasteiger partial charge is 0.356 e. The second-order valence-corrected chi connectivity index (χ2v) is 7.96. The Balaban J connectivity index is 2.61. The van der Waals surface area contributed by atoms with Gasteiger partial charge in [0.2, 0.25) is 15.9 Å². The molecule has 0 aliphatic heterocycles. The Bertz CT molecular complexity index is 585. The molecule has 0 fully saturated rings. The van der Waals surface area contributed by atoms with E-state index in [0.717, 1.165) is 6.26 Å². The fourth-order valence-corrected chi connectivity index (χ4v) is 2.97. The summed E-state index contributed by atoms with van der Waals surface area (Å²) in [6.07, 6.45) is 1.91. The zero-order valence-corrected chi connectivity index (χ0v) is 14.7. The first-order valence-corrected chi connectivity index (χ1v) is 9.42. The summed E-state index contributed by atoms with van der Waals surface area (Å²) < 4.78 is 25.1. The molecule has 1 N–H and O–H groups in total. The fraction of sp³-hybridized carbons (Fsp3) is 0.533. The minimum atomic E-state index is -3.40. The minimum Gasteiger partial charge on any atom is -0.356 e. The predicted molar refractivity (Wildman–Crippen MR) is 90.7 cm³/mol. The predicted octanol–water partition coefficient (Wildman–Crippen LogP) is 2.66. The normalized spacial score (nSPS) is 11.5. The van der Waals surface area contributed by atoms with Crippen LogP contribution in [0.15, 0.2) is 24.3 Å². The van der Waals surface area contributed by atoms with E-state index >= 15 is 0 Å². The first kappa shape index (κ1) is 18.8. The van der Waals surface area contributed by atoms with Gasteiger partial charge in [-0.3, -0.25) is 9.10 Å². The Morgan fingerprint density at radius 1 is 1.27 bits per heavy atom. The number of hydrogen-bond donors (Lipinski definition) is 1. The van der Waals surface area contributed by atoms with Crippen molar-refractivity contribution in [3.8, 4) is 0 Å². The molecule has 1 rings (SSSR count). The van der Waals surface area contributed by atoms with E-state index in [-0.39, 0.29) is 12.5 Å². The van der Waals surface area contributed by atoms with Crippen molar-refractivity contribution in [2.75, 3.05) is 23.7 Å². The zero-order chi connectivity index (χ0) is 16.8. The van der Waals surface area contributed by atoms with Crippen molar-refractivity contribution in [3.05, 3.63) is 29.3 Å². The third-order valence-electron chi connectivity index (χ3n) is 2.99. The van der Waals surface area contributed by atoms with E-state index in [4.69, 9.17) is 11.6 Å². The molecule has 1 aromatic carbocycles. The third-order valence-corrected chi connectivity index (χ3v) is 4.43. The maximum absolute atomic E-state index is 11.9. The number of carbonyl (C=O) groups excluding carboxylic acids is 1. The Morgan fingerprint density at radius 3 is 2.36 bits per heavy atom. The standard InChI is InChI=1S/C15H23ClN2O3S/c1-12(2)11-17-15(19)5-4-10-18(22(3,20)21)14-8-6-13(16)7-9-14/h6-9,12H,4-5,10-11H2,1-3H3,(H,17,19). The van der Waals surface area contributed by atoms with Crippen LogP contribution in [0, 0.1) is 5.92 Å². The lowest BCUT2D eigenvalue weighted by Gasteiger charge is -2.22. The highest BCUT2D eigenvalue weighted by molar-refractivity contribution is 7.92. The van der Waals surface area contributed by atoms with Crippen LogP contribution in [0.2, 0.25) is 5.02 Å². The molecule has 124 valence electrons. The van der Waals surface area contributed by atoms with Crippen molar-refractivity contribution in [3.63, 3.8) is 0 Å². The molecule has 7 heteroatoms. The molecule has 0 aliphatic carbocycles. The highest BCUT2D eigenvalue weighted by atomic mass is 35.5. The molecule has 5 nitrogen and oxygen atoms in total. The van der Waals surface area contributed by atoms with Gasteiger partial charge < -0.3 is 5.32 Å². The van der Waals surface area contributed by atoms with Crippen molar-refractivity contribution in [1.29, 1.82) is 0 Å². The van der Waals surface area contributed by atoms with E-state index in [1.807, 2.05) is 13.8 Å². The molecule has 0 saturated heterocycles. The van der Waals surface area contributed by atoms with Crippen LogP contribution in [0.3, 0.4) is 0 Å². The second-order valence-electron chi connectivity index (χ2n) is 5.61. The number of anilines is 1. The number of carbonyl (C=O) groups is 1. The number of sulfonamides is 1. The number of halogens is 1. The highest BCUT2D eigenvalue weighted by Crippen LogP contribution is 2.20. The van der Waals surface area contributed by atoms with Crippen molar-refractivity contribution in [2.24, 2.45) is 5.92 Å². The molecule has 0 aromatic heterocycles. The molecule has 22 heavy (non-hydrogen) atoms. The van der Waals surface area contributed by atoms with Crippen LogP contribution in [0.4, 0.5) is 5.69 Å². The van der Waals surface area contributed by atoms with Gasteiger partial charge in [0.1, 0.15) is 0 Å². The summed E-state index contributed by atoms with van der Waals surface area (Å²) >= 11 is 5.82. The summed E-state index contributed by atoms with van der Waals surface area (Å²) in [4.78, 5) is 11.7. The molecular formula is C15H23ClN2O3S. The van der Waals surface area contributed by atoms with Crippen LogP contribution in [-0.2, 0) is 14.8 Å². The Hall–Kier alpha value is -1.27. The van der Waals surface area contributed by atoms with Gasteiger partial charge in [-0.15, -0.1) is 0 Å². The molecule has 0 aliphatic rings. The van der Waals surface area contributed by atoms with Crippen LogP contribution in [0.1, 0.15) is 26.7 Å². The molecule has 0 bridgehead atoms. The van der Waals surface area contributed by atoms with Crippen molar-refractivity contribution >= 4 is 33.2 Å². The monoisotopic (exact) mass is 346 g/mol. The van der Waals surface area contributed by atoms with Crippen LogP contribution >= 0.6 is 11.6 Å². The Morgan fingerprint density at radius 2 is 1.86 bits per heavy atom. The summed E-state index contributed by atoms with van der Waals surface area (Å²) in [6.45, 7) is 4.93. The minimum absolute atomic E-state index is 0.0572. The Kier molecular flexibility index (Phi) is 7.16. The summed E-state index contributed by atoms with van der Waals surface area (Å²) in [6, 6.07) is 6.60. The van der Waals surface area contributed by atoms with Gasteiger partial charge in [0.05, 0.1) is 11.9 Å². The number of nitrogens with zero attached hydrogens (tertiary/aromatic N) is 1. The van der Waals surface area contributed by atoms with E-state index < -0.39 is 10.0 Å². The van der Waals surface area contributed by atoms with Gasteiger partial charge in [-0.05, 0) is 36.6 Å². The van der Waals surface area contributed by atoms with E-state index in [1.165, 1.54) is 4.31 Å². The van der Waals surface area contributed by atoms with E-state index in [2.05, 4.69) is 5.32 Å². The van der Waals surface area contributed by atoms with Gasteiger partial charge in [0.15, 0.2) is 0 Å². The lowest BCUT2D eigenvalue weighted by molar-refractivity contribution is -0.121. The van der Waals surface area contributed by atoms with Crippen LogP contribution < -0.4 is 9.62 Å². The average Bonchev–Trinajstić information content (AvgIpc) is 2.41. The molecule has 0 radical (unpaired) electrons. The van der Waals surface area contributed by atoms with Crippen LogP contribution in [-0.4, -0.2) is 33.7 Å². The first-order valence-electron chi connectivity index (χ1n) is 7.20. The zero-order valence-electron chi connectivity index (χ0n) is 13.2. The maximum atomic E-state index is 11.9. The van der Waals surface area contributed by atoms with Gasteiger partial charge in [-0.2, -0.15) is 0 Å². The van der Waals surface area contributed by atoms with E-state index in [0.29, 0.717) is 36.0 Å². The summed E-state index contributed by atoms with van der Waals surface area (Å²) in [5.74, 6) is 0.337. The van der Waals surface area contributed by atoms with Gasteiger partial charge in [0.25, 0.3) is 0 Å². The Labute approximate surface area is 137 Å². The lowest BCUT2D eigenvalue weighted by atomic mass is 10.2. The molecule has 0 unspecified atom stereocenters.